The number of aromatic nitrogens is 2. The Labute approximate surface area is 202 Å². The van der Waals surface area contributed by atoms with Gasteiger partial charge in [0.2, 0.25) is 0 Å². The normalized spacial score (nSPS) is 20.6. The van der Waals surface area contributed by atoms with Crippen molar-refractivity contribution in [3.05, 3.63) is 63.9 Å². The first-order valence-corrected chi connectivity index (χ1v) is 11.8. The molecule has 1 saturated heterocycles. The molecule has 1 aliphatic carbocycles. The van der Waals surface area contributed by atoms with E-state index in [1.54, 1.807) is 23.1 Å². The van der Waals surface area contributed by atoms with Gasteiger partial charge in [-0.25, -0.2) is 4.98 Å². The number of fused-ring (bicyclic) bond motifs is 1. The summed E-state index contributed by atoms with van der Waals surface area (Å²) >= 11 is 3.37. The second-order valence-electron chi connectivity index (χ2n) is 8.76. The average Bonchev–Trinajstić information content (AvgIpc) is 3.54. The first-order chi connectivity index (χ1) is 16.2. The molecule has 2 aliphatic rings. The topological polar surface area (TPSA) is 81.3 Å². The third-order valence-electron chi connectivity index (χ3n) is 6.38. The van der Waals surface area contributed by atoms with E-state index in [9.17, 15) is 18.0 Å². The maximum Gasteiger partial charge on any atom is 0.417 e. The molecule has 0 radical (unpaired) electrons. The monoisotopic (exact) mass is 534 g/mol. The smallest absolute Gasteiger partial charge is 0.383 e. The number of halogens is 4. The van der Waals surface area contributed by atoms with Crippen molar-refractivity contribution in [3.8, 4) is 0 Å². The van der Waals surface area contributed by atoms with Crippen LogP contribution in [0.1, 0.15) is 40.9 Å². The van der Waals surface area contributed by atoms with Crippen molar-refractivity contribution in [1.29, 1.82) is 0 Å². The van der Waals surface area contributed by atoms with Gasteiger partial charge in [0, 0.05) is 23.8 Å². The maximum atomic E-state index is 13.8. The lowest BCUT2D eigenvalue weighted by atomic mass is 10.0. The number of benzene rings is 1. The van der Waals surface area contributed by atoms with Crippen LogP contribution in [0.25, 0.3) is 10.9 Å². The Balaban J connectivity index is 1.48. The highest BCUT2D eigenvalue weighted by molar-refractivity contribution is 9.10. The molecule has 10 heteroatoms. The number of nitrogens with two attached hydrogens (primary N) is 1. The largest absolute Gasteiger partial charge is 0.417 e. The summed E-state index contributed by atoms with van der Waals surface area (Å²) in [5.74, 6) is 0.540. The lowest BCUT2D eigenvalue weighted by molar-refractivity contribution is -0.137. The molecule has 178 valence electrons. The molecule has 0 spiro atoms. The number of alkyl halides is 3. The minimum atomic E-state index is -4.46. The van der Waals surface area contributed by atoms with Crippen LogP contribution in [-0.4, -0.2) is 39.5 Å². The molecule has 3 aromatic rings. The molecule has 1 aromatic carbocycles. The number of hydrogen-bond acceptors (Lipinski definition) is 5. The molecular weight excluding hydrogens is 513 g/mol. The SMILES string of the molecule is Nc1nc2ccc(C(=O)N(Cc3ccc(C(F)(F)F)cn3)[C@@H]3CCO[C@H]3C3CC3)cc2cc1Br. The summed E-state index contributed by atoms with van der Waals surface area (Å²) in [5.41, 5.74) is 6.55. The van der Waals surface area contributed by atoms with Crippen molar-refractivity contribution in [2.45, 2.75) is 44.1 Å². The van der Waals surface area contributed by atoms with Crippen molar-refractivity contribution >= 4 is 38.6 Å². The van der Waals surface area contributed by atoms with E-state index in [1.807, 2.05) is 6.07 Å². The van der Waals surface area contributed by atoms with Gasteiger partial charge in [0.15, 0.2) is 0 Å². The highest BCUT2D eigenvalue weighted by Crippen LogP contribution is 2.41. The molecule has 5 rings (SSSR count). The Morgan fingerprint density at radius 1 is 1.18 bits per heavy atom. The number of carbonyl (C=O) groups is 1. The number of nitrogens with zero attached hydrogens (tertiary/aromatic N) is 3. The van der Waals surface area contributed by atoms with E-state index in [-0.39, 0.29) is 24.6 Å². The Bertz CT molecular complexity index is 1230. The van der Waals surface area contributed by atoms with E-state index in [2.05, 4.69) is 25.9 Å². The number of pyridine rings is 2. The van der Waals surface area contributed by atoms with E-state index in [4.69, 9.17) is 10.5 Å². The third-order valence-corrected chi connectivity index (χ3v) is 7.01. The molecule has 0 bridgehead atoms. The summed E-state index contributed by atoms with van der Waals surface area (Å²) in [6.07, 6.45) is -0.948. The maximum absolute atomic E-state index is 13.8. The Morgan fingerprint density at radius 2 is 1.97 bits per heavy atom. The molecular formula is C24H22BrF3N4O2. The van der Waals surface area contributed by atoms with Crippen LogP contribution in [-0.2, 0) is 17.5 Å². The van der Waals surface area contributed by atoms with Crippen molar-refractivity contribution in [1.82, 2.24) is 14.9 Å². The summed E-state index contributed by atoms with van der Waals surface area (Å²) in [6.45, 7) is 0.639. The Morgan fingerprint density at radius 3 is 2.65 bits per heavy atom. The second-order valence-corrected chi connectivity index (χ2v) is 9.62. The molecule has 1 saturated carbocycles. The van der Waals surface area contributed by atoms with Crippen molar-refractivity contribution in [3.63, 3.8) is 0 Å². The zero-order valence-electron chi connectivity index (χ0n) is 18.1. The molecule has 1 aliphatic heterocycles. The van der Waals surface area contributed by atoms with Crippen LogP contribution >= 0.6 is 15.9 Å². The molecule has 3 heterocycles. The first-order valence-electron chi connectivity index (χ1n) is 11.0. The van der Waals surface area contributed by atoms with Crippen molar-refractivity contribution in [2.24, 2.45) is 5.92 Å². The standard InChI is InChI=1S/C24H22BrF3N4O2/c25-18-10-15-9-14(3-6-19(15)31-22(18)29)23(33)32(20-7-8-34-21(20)13-1-2-13)12-17-5-4-16(11-30-17)24(26,27)28/h3-6,9-11,13,20-21H,1-2,7-8,12H2,(H2,29,31)/t20-,21+/m1/s1. The van der Waals surface area contributed by atoms with Gasteiger partial charge in [-0.05, 0) is 77.5 Å². The molecule has 2 atom stereocenters. The molecule has 1 amide bonds. The summed E-state index contributed by atoms with van der Waals surface area (Å²) in [7, 11) is 0. The van der Waals surface area contributed by atoms with Crippen molar-refractivity contribution < 1.29 is 22.7 Å². The van der Waals surface area contributed by atoms with Crippen LogP contribution in [0.2, 0.25) is 0 Å². The predicted molar refractivity (Wildman–Crippen MR) is 124 cm³/mol. The molecule has 0 unspecified atom stereocenters. The quantitative estimate of drug-likeness (QED) is 0.486. The van der Waals surface area contributed by atoms with Crippen LogP contribution in [0.5, 0.6) is 0 Å². The number of ether oxygens (including phenoxy) is 1. The molecule has 6 nitrogen and oxygen atoms in total. The fraction of sp³-hybridized carbons (Fsp3) is 0.375. The highest BCUT2D eigenvalue weighted by atomic mass is 79.9. The number of hydrogen-bond donors (Lipinski definition) is 1. The van der Waals surface area contributed by atoms with Crippen LogP contribution < -0.4 is 5.73 Å². The van der Waals surface area contributed by atoms with Crippen LogP contribution in [0, 0.1) is 5.92 Å². The predicted octanol–water partition coefficient (Wildman–Crippen LogP) is 5.20. The van der Waals surface area contributed by atoms with Crippen LogP contribution in [0.3, 0.4) is 0 Å². The number of amides is 1. The summed E-state index contributed by atoms with van der Waals surface area (Å²) in [5, 5.41) is 0.751. The van der Waals surface area contributed by atoms with Crippen LogP contribution in [0.4, 0.5) is 19.0 Å². The van der Waals surface area contributed by atoms with Gasteiger partial charge in [0.1, 0.15) is 5.82 Å². The zero-order chi connectivity index (χ0) is 24.0. The number of nitrogen functional groups attached to an aromatic ring is 1. The van der Waals surface area contributed by atoms with E-state index >= 15 is 0 Å². The van der Waals surface area contributed by atoms with Crippen molar-refractivity contribution in [2.75, 3.05) is 12.3 Å². The number of carbonyl (C=O) groups excluding carboxylic acids is 1. The van der Waals surface area contributed by atoms with Gasteiger partial charge in [-0.2, -0.15) is 13.2 Å². The number of anilines is 1. The molecule has 2 fully saturated rings. The zero-order valence-corrected chi connectivity index (χ0v) is 19.6. The Hall–Kier alpha value is -2.72. The van der Waals surface area contributed by atoms with Gasteiger partial charge in [-0.1, -0.05) is 0 Å². The third kappa shape index (κ3) is 4.61. The van der Waals surface area contributed by atoms with Gasteiger partial charge in [0.25, 0.3) is 5.91 Å². The van der Waals surface area contributed by atoms with Crippen LogP contribution in [0.15, 0.2) is 47.1 Å². The highest BCUT2D eigenvalue weighted by Gasteiger charge is 2.44. The van der Waals surface area contributed by atoms with E-state index in [1.165, 1.54) is 6.07 Å². The van der Waals surface area contributed by atoms with E-state index in [0.29, 0.717) is 46.0 Å². The molecule has 34 heavy (non-hydrogen) atoms. The Kier molecular flexibility index (Phi) is 5.97. The first kappa shape index (κ1) is 23.0. The molecule has 2 N–H and O–H groups in total. The lowest BCUT2D eigenvalue weighted by Gasteiger charge is -2.32. The lowest BCUT2D eigenvalue weighted by Crippen LogP contribution is -2.45. The summed E-state index contributed by atoms with van der Waals surface area (Å²) < 4.78 is 45.5. The van der Waals surface area contributed by atoms with Gasteiger partial charge in [-0.3, -0.25) is 9.78 Å². The number of rotatable bonds is 5. The minimum Gasteiger partial charge on any atom is -0.383 e. The van der Waals surface area contributed by atoms with Gasteiger partial charge < -0.3 is 15.4 Å². The fourth-order valence-electron chi connectivity index (χ4n) is 4.47. The van der Waals surface area contributed by atoms with Gasteiger partial charge >= 0.3 is 6.18 Å². The average molecular weight is 535 g/mol. The second kappa shape index (κ2) is 8.81. The minimum absolute atomic E-state index is 0.0746. The van der Waals surface area contributed by atoms with Gasteiger partial charge in [-0.15, -0.1) is 0 Å². The molecule has 2 aromatic heterocycles. The van der Waals surface area contributed by atoms with E-state index in [0.717, 1.165) is 30.5 Å². The fourth-order valence-corrected chi connectivity index (χ4v) is 4.81. The van der Waals surface area contributed by atoms with Gasteiger partial charge in [0.05, 0.1) is 39.9 Å². The van der Waals surface area contributed by atoms with E-state index < -0.39 is 11.7 Å². The summed E-state index contributed by atoms with van der Waals surface area (Å²) in [4.78, 5) is 23.8. The summed E-state index contributed by atoms with van der Waals surface area (Å²) in [6, 6.07) is 9.15.